The fraction of sp³-hybridized carbons (Fsp3) is 0.250. The van der Waals surface area contributed by atoms with Gasteiger partial charge in [0.25, 0.3) is 0 Å². The Morgan fingerprint density at radius 2 is 2.13 bits per heavy atom. The molecule has 0 aliphatic heterocycles. The molecule has 15 heavy (non-hydrogen) atoms. The van der Waals surface area contributed by atoms with Gasteiger partial charge in [-0.05, 0) is 11.8 Å². The fourth-order valence-electron chi connectivity index (χ4n) is 1.56. The molecule has 0 unspecified atom stereocenters. The zero-order chi connectivity index (χ0) is 10.7. The van der Waals surface area contributed by atoms with Crippen LogP contribution in [0.3, 0.4) is 0 Å². The van der Waals surface area contributed by atoms with Gasteiger partial charge in [-0.3, -0.25) is 0 Å². The van der Waals surface area contributed by atoms with Gasteiger partial charge in [-0.15, -0.1) is 11.8 Å². The number of hydrogen-bond acceptors (Lipinski definition) is 2. The summed E-state index contributed by atoms with van der Waals surface area (Å²) in [7, 11) is 2.02. The largest absolute Gasteiger partial charge is 0.334 e. The second-order valence-corrected chi connectivity index (χ2v) is 4.60. The molecule has 0 aliphatic carbocycles. The number of hydrogen-bond donors (Lipinski definition) is 0. The molecule has 2 aromatic rings. The van der Waals surface area contributed by atoms with Crippen LogP contribution < -0.4 is 0 Å². The summed E-state index contributed by atoms with van der Waals surface area (Å²) in [5.41, 5.74) is 1.22. The number of benzene rings is 1. The molecular formula is C12H14N2S. The van der Waals surface area contributed by atoms with E-state index < -0.39 is 0 Å². The molecule has 0 N–H and O–H groups in total. The number of imidazole rings is 1. The van der Waals surface area contributed by atoms with Crippen LogP contribution in [0.4, 0.5) is 0 Å². The summed E-state index contributed by atoms with van der Waals surface area (Å²) in [6.07, 6.45) is 3.81. The Morgan fingerprint density at radius 1 is 1.33 bits per heavy atom. The van der Waals surface area contributed by atoms with Crippen molar-refractivity contribution in [3.8, 4) is 11.4 Å². The van der Waals surface area contributed by atoms with E-state index in [1.54, 1.807) is 0 Å². The van der Waals surface area contributed by atoms with Gasteiger partial charge in [0.15, 0.2) is 0 Å². The van der Waals surface area contributed by atoms with Crippen LogP contribution in [-0.4, -0.2) is 15.3 Å². The molecule has 2 rings (SSSR count). The summed E-state index contributed by atoms with van der Waals surface area (Å²) in [4.78, 5) is 5.68. The van der Waals surface area contributed by atoms with Crippen LogP contribution in [0.15, 0.2) is 41.6 Å². The van der Waals surface area contributed by atoms with E-state index in [0.29, 0.717) is 0 Å². The molecule has 0 aliphatic rings. The van der Waals surface area contributed by atoms with Crippen molar-refractivity contribution in [2.45, 2.75) is 11.8 Å². The predicted molar refractivity (Wildman–Crippen MR) is 65.0 cm³/mol. The molecule has 2 nitrogen and oxygen atoms in total. The van der Waals surface area contributed by atoms with Crippen molar-refractivity contribution in [1.82, 2.24) is 9.55 Å². The highest BCUT2D eigenvalue weighted by Crippen LogP contribution is 2.29. The molecule has 0 saturated carbocycles. The van der Waals surface area contributed by atoms with Gasteiger partial charge in [-0.1, -0.05) is 25.1 Å². The minimum Gasteiger partial charge on any atom is -0.334 e. The molecule has 0 spiro atoms. The second kappa shape index (κ2) is 4.53. The smallest absolute Gasteiger partial charge is 0.140 e. The van der Waals surface area contributed by atoms with Gasteiger partial charge in [0.1, 0.15) is 5.82 Å². The van der Waals surface area contributed by atoms with Crippen LogP contribution in [-0.2, 0) is 7.05 Å². The van der Waals surface area contributed by atoms with Gasteiger partial charge < -0.3 is 4.57 Å². The van der Waals surface area contributed by atoms with Crippen LogP contribution in [0.1, 0.15) is 6.92 Å². The lowest BCUT2D eigenvalue weighted by Crippen LogP contribution is -1.92. The highest BCUT2D eigenvalue weighted by molar-refractivity contribution is 7.99. The van der Waals surface area contributed by atoms with Gasteiger partial charge in [-0.2, -0.15) is 0 Å². The predicted octanol–water partition coefficient (Wildman–Crippen LogP) is 3.20. The third-order valence-electron chi connectivity index (χ3n) is 2.25. The van der Waals surface area contributed by atoms with Crippen molar-refractivity contribution in [1.29, 1.82) is 0 Å². The second-order valence-electron chi connectivity index (χ2n) is 3.29. The summed E-state index contributed by atoms with van der Waals surface area (Å²) >= 11 is 1.86. The summed E-state index contributed by atoms with van der Waals surface area (Å²) in [6.45, 7) is 2.17. The lowest BCUT2D eigenvalue weighted by atomic mass is 10.2. The zero-order valence-corrected chi connectivity index (χ0v) is 9.79. The first-order valence-corrected chi connectivity index (χ1v) is 6.01. The first kappa shape index (κ1) is 10.3. The first-order valence-electron chi connectivity index (χ1n) is 5.02. The molecule has 0 fully saturated rings. The Hall–Kier alpha value is -1.22. The minimum atomic E-state index is 1.03. The molecule has 78 valence electrons. The molecule has 0 atom stereocenters. The maximum absolute atomic E-state index is 4.38. The summed E-state index contributed by atoms with van der Waals surface area (Å²) in [5, 5.41) is 0. The highest BCUT2D eigenvalue weighted by Gasteiger charge is 2.07. The molecule has 1 aromatic heterocycles. The number of aryl methyl sites for hydroxylation is 1. The topological polar surface area (TPSA) is 17.8 Å². The minimum absolute atomic E-state index is 1.03. The van der Waals surface area contributed by atoms with Gasteiger partial charge in [0, 0.05) is 29.9 Å². The third kappa shape index (κ3) is 2.07. The van der Waals surface area contributed by atoms with E-state index in [4.69, 9.17) is 0 Å². The van der Waals surface area contributed by atoms with Crippen LogP contribution in [0.2, 0.25) is 0 Å². The third-order valence-corrected chi connectivity index (χ3v) is 3.20. The Kier molecular flexibility index (Phi) is 3.11. The van der Waals surface area contributed by atoms with Crippen LogP contribution in [0.5, 0.6) is 0 Å². The van der Waals surface area contributed by atoms with Crippen LogP contribution >= 0.6 is 11.8 Å². The van der Waals surface area contributed by atoms with Gasteiger partial charge in [-0.25, -0.2) is 4.98 Å². The van der Waals surface area contributed by atoms with E-state index in [0.717, 1.165) is 11.6 Å². The van der Waals surface area contributed by atoms with E-state index in [9.17, 15) is 0 Å². The van der Waals surface area contributed by atoms with Gasteiger partial charge >= 0.3 is 0 Å². The van der Waals surface area contributed by atoms with E-state index >= 15 is 0 Å². The van der Waals surface area contributed by atoms with E-state index in [-0.39, 0.29) is 0 Å². The van der Waals surface area contributed by atoms with Gasteiger partial charge in [0.2, 0.25) is 0 Å². The normalized spacial score (nSPS) is 10.5. The molecule has 1 heterocycles. The van der Waals surface area contributed by atoms with Crippen LogP contribution in [0, 0.1) is 0 Å². The van der Waals surface area contributed by atoms with Crippen molar-refractivity contribution >= 4 is 11.8 Å². The SMILES string of the molecule is CCSc1ccccc1-c1nccn1C. The summed E-state index contributed by atoms with van der Waals surface area (Å²) in [5.74, 6) is 2.12. The van der Waals surface area contributed by atoms with E-state index in [2.05, 4.69) is 40.7 Å². The van der Waals surface area contributed by atoms with E-state index in [1.165, 1.54) is 10.5 Å². The molecule has 3 heteroatoms. The maximum Gasteiger partial charge on any atom is 0.140 e. The molecule has 0 amide bonds. The monoisotopic (exact) mass is 218 g/mol. The summed E-state index contributed by atoms with van der Waals surface area (Å²) < 4.78 is 2.05. The average molecular weight is 218 g/mol. The zero-order valence-electron chi connectivity index (χ0n) is 8.97. The Bertz CT molecular complexity index is 448. The molecular weight excluding hydrogens is 204 g/mol. The maximum atomic E-state index is 4.38. The van der Waals surface area contributed by atoms with Crippen molar-refractivity contribution in [3.05, 3.63) is 36.7 Å². The Balaban J connectivity index is 2.48. The van der Waals surface area contributed by atoms with Crippen LogP contribution in [0.25, 0.3) is 11.4 Å². The molecule has 0 bridgehead atoms. The van der Waals surface area contributed by atoms with Crippen molar-refractivity contribution in [2.24, 2.45) is 7.05 Å². The lowest BCUT2D eigenvalue weighted by Gasteiger charge is -2.07. The van der Waals surface area contributed by atoms with Crippen molar-refractivity contribution < 1.29 is 0 Å². The van der Waals surface area contributed by atoms with Gasteiger partial charge in [0.05, 0.1) is 0 Å². The Labute approximate surface area is 94.3 Å². The van der Waals surface area contributed by atoms with E-state index in [1.807, 2.05) is 31.2 Å². The fourth-order valence-corrected chi connectivity index (χ4v) is 2.36. The number of nitrogens with zero attached hydrogens (tertiary/aromatic N) is 2. The number of rotatable bonds is 3. The Morgan fingerprint density at radius 3 is 2.80 bits per heavy atom. The number of thioether (sulfide) groups is 1. The lowest BCUT2D eigenvalue weighted by molar-refractivity contribution is 0.921. The summed E-state index contributed by atoms with van der Waals surface area (Å²) in [6, 6.07) is 8.41. The molecule has 0 saturated heterocycles. The van der Waals surface area contributed by atoms with Crippen molar-refractivity contribution in [2.75, 3.05) is 5.75 Å². The van der Waals surface area contributed by atoms with Crippen molar-refractivity contribution in [3.63, 3.8) is 0 Å². The first-order chi connectivity index (χ1) is 7.33. The average Bonchev–Trinajstić information content (AvgIpc) is 2.66. The highest BCUT2D eigenvalue weighted by atomic mass is 32.2. The molecule has 0 radical (unpaired) electrons. The number of aromatic nitrogens is 2. The quantitative estimate of drug-likeness (QED) is 0.736. The molecule has 1 aromatic carbocycles. The standard InChI is InChI=1S/C12H14N2S/c1-3-15-11-7-5-4-6-10(11)12-13-8-9-14(12)2/h4-9H,3H2,1-2H3.